The molecule has 1 fully saturated rings. The summed E-state index contributed by atoms with van der Waals surface area (Å²) < 4.78 is 15.7. The molecule has 7 nitrogen and oxygen atoms in total. The number of halogens is 1. The fourth-order valence-corrected chi connectivity index (χ4v) is 4.68. The first kappa shape index (κ1) is 20.6. The maximum absolute atomic E-state index is 14.4. The second-order valence-electron chi connectivity index (χ2n) is 8.92. The summed E-state index contributed by atoms with van der Waals surface area (Å²) in [5.74, 6) is 0.0681. The molecule has 2 aromatic carbocycles. The van der Waals surface area contributed by atoms with Gasteiger partial charge in [-0.15, -0.1) is 0 Å². The molecule has 2 aliphatic carbocycles. The first-order valence-corrected chi connectivity index (χ1v) is 11.0. The van der Waals surface area contributed by atoms with E-state index in [0.717, 1.165) is 42.4 Å². The van der Waals surface area contributed by atoms with E-state index in [9.17, 15) is 14.0 Å². The third-order valence-electron chi connectivity index (χ3n) is 6.24. The van der Waals surface area contributed by atoms with Crippen LogP contribution in [0.25, 0.3) is 10.9 Å². The van der Waals surface area contributed by atoms with Crippen molar-refractivity contribution >= 4 is 28.5 Å². The van der Waals surface area contributed by atoms with Crippen molar-refractivity contribution in [2.24, 2.45) is 0 Å². The Hall–Kier alpha value is -3.26. The van der Waals surface area contributed by atoms with Crippen LogP contribution in [0.1, 0.15) is 52.7 Å². The Labute approximate surface area is 185 Å². The molecule has 166 valence electrons. The zero-order valence-electron chi connectivity index (χ0n) is 18.2. The second-order valence-corrected chi connectivity index (χ2v) is 8.92. The predicted molar refractivity (Wildman–Crippen MR) is 121 cm³/mol. The first-order chi connectivity index (χ1) is 15.4. The number of anilines is 1. The molecule has 0 aliphatic heterocycles. The molecule has 32 heavy (non-hydrogen) atoms. The lowest BCUT2D eigenvalue weighted by atomic mass is 9.98. The molecule has 5 rings (SSSR count). The lowest BCUT2D eigenvalue weighted by Crippen LogP contribution is -2.31. The maximum atomic E-state index is 14.4. The number of nitrogens with one attached hydrogen (secondary N) is 2. The van der Waals surface area contributed by atoms with E-state index >= 15 is 0 Å². The molecule has 2 N–H and O–H groups in total. The Bertz CT molecular complexity index is 1210. The van der Waals surface area contributed by atoms with Gasteiger partial charge in [0.1, 0.15) is 5.82 Å². The van der Waals surface area contributed by atoms with Crippen molar-refractivity contribution in [3.05, 3.63) is 59.0 Å². The van der Waals surface area contributed by atoms with Gasteiger partial charge in [0.15, 0.2) is 0 Å². The number of aromatic nitrogens is 2. The van der Waals surface area contributed by atoms with Gasteiger partial charge in [0, 0.05) is 5.39 Å². The molecule has 2 aliphatic rings. The fourth-order valence-electron chi connectivity index (χ4n) is 4.68. The maximum Gasteiger partial charge on any atom is 0.319 e. The lowest BCUT2D eigenvalue weighted by Gasteiger charge is -2.16. The second kappa shape index (κ2) is 8.02. The van der Waals surface area contributed by atoms with Crippen molar-refractivity contribution < 1.29 is 14.0 Å². The average molecular weight is 436 g/mol. The highest BCUT2D eigenvalue weighted by Gasteiger charge is 2.34. The number of hydrogen-bond acceptors (Lipinski definition) is 4. The Morgan fingerprint density at radius 3 is 2.75 bits per heavy atom. The number of hydrogen-bond donors (Lipinski definition) is 2. The fraction of sp³-hybridized carbons (Fsp3) is 0.375. The van der Waals surface area contributed by atoms with Gasteiger partial charge in [0.25, 0.3) is 5.91 Å². The van der Waals surface area contributed by atoms with Crippen LogP contribution in [0.5, 0.6) is 0 Å². The van der Waals surface area contributed by atoms with E-state index in [-0.39, 0.29) is 30.3 Å². The van der Waals surface area contributed by atoms with Gasteiger partial charge in [-0.05, 0) is 80.6 Å². The number of carbonyl (C=O) groups is 2. The summed E-state index contributed by atoms with van der Waals surface area (Å²) in [6.07, 6.45) is 5.21. The highest BCUT2D eigenvalue weighted by atomic mass is 19.1. The van der Waals surface area contributed by atoms with E-state index in [1.807, 2.05) is 14.1 Å². The van der Waals surface area contributed by atoms with Gasteiger partial charge < -0.3 is 15.5 Å². The van der Waals surface area contributed by atoms with Crippen LogP contribution in [-0.4, -0.2) is 47.3 Å². The minimum Gasteiger partial charge on any atom is -0.331 e. The van der Waals surface area contributed by atoms with Crippen LogP contribution >= 0.6 is 0 Å². The summed E-state index contributed by atoms with van der Waals surface area (Å²) >= 11 is 0. The number of urea groups is 1. The van der Waals surface area contributed by atoms with Gasteiger partial charge in [-0.3, -0.25) is 4.79 Å². The molecule has 0 unspecified atom stereocenters. The Balaban J connectivity index is 1.33. The molecule has 1 heterocycles. The summed E-state index contributed by atoms with van der Waals surface area (Å²) in [5.41, 5.74) is 4.17. The van der Waals surface area contributed by atoms with E-state index in [1.165, 1.54) is 10.7 Å². The molecule has 8 heteroatoms. The van der Waals surface area contributed by atoms with Crippen LogP contribution in [0.4, 0.5) is 14.9 Å². The molecular weight excluding hydrogens is 409 g/mol. The molecule has 0 spiro atoms. The third-order valence-corrected chi connectivity index (χ3v) is 6.24. The molecule has 3 aromatic rings. The number of benzene rings is 2. The quantitative estimate of drug-likeness (QED) is 0.633. The van der Waals surface area contributed by atoms with Crippen molar-refractivity contribution in [3.63, 3.8) is 0 Å². The average Bonchev–Trinajstić information content (AvgIpc) is 3.34. The number of carbonyl (C=O) groups excluding carboxylic acids is 2. The van der Waals surface area contributed by atoms with Crippen LogP contribution < -0.4 is 10.6 Å². The molecule has 0 saturated heterocycles. The molecule has 0 radical (unpaired) electrons. The molecule has 1 aromatic heterocycles. The minimum absolute atomic E-state index is 0.121. The van der Waals surface area contributed by atoms with Gasteiger partial charge in [-0.2, -0.15) is 9.78 Å². The van der Waals surface area contributed by atoms with E-state index in [1.54, 1.807) is 35.4 Å². The Morgan fingerprint density at radius 1 is 1.19 bits per heavy atom. The normalized spacial score (nSPS) is 17.6. The summed E-state index contributed by atoms with van der Waals surface area (Å²) in [4.78, 5) is 27.0. The number of nitrogens with zero attached hydrogens (tertiary/aromatic N) is 3. The summed E-state index contributed by atoms with van der Waals surface area (Å²) in [5, 5.41) is 10.9. The van der Waals surface area contributed by atoms with Crippen molar-refractivity contribution in [3.8, 4) is 0 Å². The van der Waals surface area contributed by atoms with Crippen molar-refractivity contribution in [2.75, 3.05) is 26.0 Å². The summed E-state index contributed by atoms with van der Waals surface area (Å²) in [6, 6.07) is 8.23. The summed E-state index contributed by atoms with van der Waals surface area (Å²) in [6.45, 7) is 0.236. The lowest BCUT2D eigenvalue weighted by molar-refractivity contribution is 0.0866. The van der Waals surface area contributed by atoms with E-state index in [4.69, 9.17) is 0 Å². The van der Waals surface area contributed by atoms with Crippen molar-refractivity contribution in [1.29, 1.82) is 0 Å². The molecule has 1 atom stereocenters. The monoisotopic (exact) mass is 435 g/mol. The number of amides is 2. The standard InChI is InChI=1S/C24H26FN5O2/c1-29(2)13-22(31)30-21-5-3-4-19(17(21)12-26-30)27-24(32)28-20-11-9-16-15(20)8-10-18(25)23(16)14-6-7-14/h3-5,8,10,12,14,20H,6-7,9,11,13H2,1-2H3,(H2,27,28,32)/t20-/m1/s1. The zero-order valence-corrected chi connectivity index (χ0v) is 18.2. The molecule has 0 bridgehead atoms. The van der Waals surface area contributed by atoms with Gasteiger partial charge in [-0.1, -0.05) is 12.1 Å². The number of fused-ring (bicyclic) bond motifs is 2. The Morgan fingerprint density at radius 2 is 2.00 bits per heavy atom. The minimum atomic E-state index is -0.333. The van der Waals surface area contributed by atoms with Crippen LogP contribution in [-0.2, 0) is 6.42 Å². The summed E-state index contributed by atoms with van der Waals surface area (Å²) in [7, 11) is 3.65. The molecule has 2 amide bonds. The Kier molecular flexibility index (Phi) is 5.17. The van der Waals surface area contributed by atoms with Gasteiger partial charge in [0.05, 0.1) is 30.0 Å². The first-order valence-electron chi connectivity index (χ1n) is 11.0. The largest absolute Gasteiger partial charge is 0.331 e. The van der Waals surface area contributed by atoms with Gasteiger partial charge >= 0.3 is 6.03 Å². The highest BCUT2D eigenvalue weighted by molar-refractivity contribution is 6.03. The van der Waals surface area contributed by atoms with E-state index in [2.05, 4.69) is 15.7 Å². The van der Waals surface area contributed by atoms with Crippen LogP contribution in [0, 0.1) is 5.82 Å². The van der Waals surface area contributed by atoms with Crippen LogP contribution in [0.15, 0.2) is 36.5 Å². The number of rotatable bonds is 5. The zero-order chi connectivity index (χ0) is 22.4. The highest BCUT2D eigenvalue weighted by Crippen LogP contribution is 2.47. The van der Waals surface area contributed by atoms with Crippen molar-refractivity contribution in [1.82, 2.24) is 20.0 Å². The predicted octanol–water partition coefficient (Wildman–Crippen LogP) is 4.06. The van der Waals surface area contributed by atoms with Gasteiger partial charge in [-0.25, -0.2) is 9.18 Å². The van der Waals surface area contributed by atoms with Crippen molar-refractivity contribution in [2.45, 2.75) is 37.6 Å². The smallest absolute Gasteiger partial charge is 0.319 e. The SMILES string of the molecule is CN(C)CC(=O)n1ncc2c(NC(=O)N[C@@H]3CCc4c3ccc(F)c4C3CC3)cccc21. The molecular formula is C24H26FN5O2. The van der Waals surface area contributed by atoms with E-state index in [0.29, 0.717) is 22.5 Å². The third kappa shape index (κ3) is 3.75. The topological polar surface area (TPSA) is 79.3 Å². The number of likely N-dealkylation sites (N-methyl/N-ethyl adjacent to an activating group) is 1. The van der Waals surface area contributed by atoms with Crippen LogP contribution in [0.2, 0.25) is 0 Å². The molecule has 1 saturated carbocycles. The van der Waals surface area contributed by atoms with Crippen LogP contribution in [0.3, 0.4) is 0 Å². The van der Waals surface area contributed by atoms with Gasteiger partial charge in [0.2, 0.25) is 0 Å². The van der Waals surface area contributed by atoms with E-state index < -0.39 is 0 Å².